The highest BCUT2D eigenvalue weighted by Gasteiger charge is 2.15. The van der Waals surface area contributed by atoms with Crippen LogP contribution in [0.25, 0.3) is 0 Å². The van der Waals surface area contributed by atoms with Gasteiger partial charge in [-0.2, -0.15) is 0 Å². The van der Waals surface area contributed by atoms with Gasteiger partial charge in [-0.05, 0) is 24.6 Å². The van der Waals surface area contributed by atoms with E-state index in [0.29, 0.717) is 6.54 Å². The van der Waals surface area contributed by atoms with Gasteiger partial charge < -0.3 is 5.32 Å². The summed E-state index contributed by atoms with van der Waals surface area (Å²) in [7, 11) is -3.27. The van der Waals surface area contributed by atoms with E-state index in [2.05, 4.69) is 26.0 Å². The molecule has 4 nitrogen and oxygen atoms in total. The highest BCUT2D eigenvalue weighted by Crippen LogP contribution is 2.18. The SMILES string of the molecule is CC(C)NCCS(=O)(=O)NC(C)c1cccc(Br)c1. The normalized spacial score (nSPS) is 13.7. The minimum absolute atomic E-state index is 0.0868. The molecule has 0 saturated carbocycles. The molecular formula is C13H21BrN2O2S. The Hall–Kier alpha value is -0.430. The van der Waals surface area contributed by atoms with Gasteiger partial charge >= 0.3 is 0 Å². The second-order valence-electron chi connectivity index (χ2n) is 4.82. The maximum Gasteiger partial charge on any atom is 0.213 e. The van der Waals surface area contributed by atoms with Crippen molar-refractivity contribution in [2.75, 3.05) is 12.3 Å². The molecule has 0 heterocycles. The van der Waals surface area contributed by atoms with Crippen LogP contribution in [-0.2, 0) is 10.0 Å². The molecule has 0 bridgehead atoms. The molecule has 0 amide bonds. The first kappa shape index (κ1) is 16.6. The van der Waals surface area contributed by atoms with Crippen molar-refractivity contribution in [2.24, 2.45) is 0 Å². The zero-order valence-electron chi connectivity index (χ0n) is 11.5. The Morgan fingerprint density at radius 2 is 1.95 bits per heavy atom. The van der Waals surface area contributed by atoms with Gasteiger partial charge in [0.25, 0.3) is 0 Å². The molecule has 0 spiro atoms. The van der Waals surface area contributed by atoms with Crippen molar-refractivity contribution >= 4 is 26.0 Å². The summed E-state index contributed by atoms with van der Waals surface area (Å²) in [6, 6.07) is 7.69. The zero-order valence-corrected chi connectivity index (χ0v) is 13.9. The number of hydrogen-bond donors (Lipinski definition) is 2. The van der Waals surface area contributed by atoms with E-state index < -0.39 is 10.0 Å². The van der Waals surface area contributed by atoms with Crippen LogP contribution in [0.2, 0.25) is 0 Å². The average Bonchev–Trinajstić information content (AvgIpc) is 2.27. The van der Waals surface area contributed by atoms with Crippen LogP contribution in [0.1, 0.15) is 32.4 Å². The molecule has 0 radical (unpaired) electrons. The first-order valence-corrected chi connectivity index (χ1v) is 8.73. The summed E-state index contributed by atoms with van der Waals surface area (Å²) in [5.74, 6) is 0.0868. The van der Waals surface area contributed by atoms with Crippen molar-refractivity contribution in [1.82, 2.24) is 10.0 Å². The Kier molecular flexibility index (Phi) is 6.46. The van der Waals surface area contributed by atoms with Crippen LogP contribution in [-0.4, -0.2) is 26.8 Å². The quantitative estimate of drug-likeness (QED) is 0.795. The lowest BCUT2D eigenvalue weighted by Crippen LogP contribution is -2.35. The summed E-state index contributed by atoms with van der Waals surface area (Å²) in [5, 5.41) is 3.10. The van der Waals surface area contributed by atoms with Gasteiger partial charge in [0.1, 0.15) is 0 Å². The molecule has 1 rings (SSSR count). The summed E-state index contributed by atoms with van der Waals surface area (Å²) >= 11 is 3.38. The van der Waals surface area contributed by atoms with Gasteiger partial charge in [0.2, 0.25) is 10.0 Å². The van der Waals surface area contributed by atoms with Crippen molar-refractivity contribution in [3.05, 3.63) is 34.3 Å². The van der Waals surface area contributed by atoms with Gasteiger partial charge in [0, 0.05) is 23.1 Å². The molecule has 0 aliphatic heterocycles. The van der Waals surface area contributed by atoms with Gasteiger partial charge in [0.15, 0.2) is 0 Å². The van der Waals surface area contributed by atoms with Crippen molar-refractivity contribution in [3.63, 3.8) is 0 Å². The summed E-state index contributed by atoms with van der Waals surface area (Å²) in [4.78, 5) is 0. The minimum Gasteiger partial charge on any atom is -0.313 e. The van der Waals surface area contributed by atoms with Crippen LogP contribution >= 0.6 is 15.9 Å². The van der Waals surface area contributed by atoms with Crippen molar-refractivity contribution in [2.45, 2.75) is 32.9 Å². The Morgan fingerprint density at radius 1 is 1.26 bits per heavy atom. The van der Waals surface area contributed by atoms with Crippen LogP contribution < -0.4 is 10.0 Å². The minimum atomic E-state index is -3.27. The van der Waals surface area contributed by atoms with E-state index in [4.69, 9.17) is 0 Å². The van der Waals surface area contributed by atoms with E-state index in [1.165, 1.54) is 0 Å². The van der Waals surface area contributed by atoms with Crippen LogP contribution in [0, 0.1) is 0 Å². The Bertz CT molecular complexity index is 503. The number of rotatable bonds is 7. The van der Waals surface area contributed by atoms with Crippen molar-refractivity contribution in [1.29, 1.82) is 0 Å². The maximum absolute atomic E-state index is 11.9. The molecule has 19 heavy (non-hydrogen) atoms. The van der Waals surface area contributed by atoms with E-state index in [-0.39, 0.29) is 17.8 Å². The number of sulfonamides is 1. The van der Waals surface area contributed by atoms with Gasteiger partial charge in [-0.3, -0.25) is 0 Å². The topological polar surface area (TPSA) is 58.2 Å². The predicted molar refractivity (Wildman–Crippen MR) is 82.6 cm³/mol. The molecule has 1 unspecified atom stereocenters. The molecule has 0 aromatic heterocycles. The van der Waals surface area contributed by atoms with Crippen molar-refractivity contribution in [3.8, 4) is 0 Å². The van der Waals surface area contributed by atoms with Gasteiger partial charge in [-0.15, -0.1) is 0 Å². The number of benzene rings is 1. The Morgan fingerprint density at radius 3 is 2.53 bits per heavy atom. The third kappa shape index (κ3) is 6.51. The van der Waals surface area contributed by atoms with E-state index in [0.717, 1.165) is 10.0 Å². The fourth-order valence-corrected chi connectivity index (χ4v) is 3.25. The molecule has 1 aromatic rings. The zero-order chi connectivity index (χ0) is 14.5. The number of hydrogen-bond acceptors (Lipinski definition) is 3. The first-order valence-electron chi connectivity index (χ1n) is 6.29. The summed E-state index contributed by atoms with van der Waals surface area (Å²) in [6.45, 7) is 6.28. The fourth-order valence-electron chi connectivity index (χ4n) is 1.65. The first-order chi connectivity index (χ1) is 8.80. The monoisotopic (exact) mass is 348 g/mol. The molecule has 6 heteroatoms. The van der Waals surface area contributed by atoms with E-state index in [9.17, 15) is 8.42 Å². The predicted octanol–water partition coefficient (Wildman–Crippen LogP) is 2.43. The summed E-state index contributed by atoms with van der Waals surface area (Å²) < 4.78 is 27.5. The van der Waals surface area contributed by atoms with Gasteiger partial charge in [-0.25, -0.2) is 13.1 Å². The van der Waals surface area contributed by atoms with Gasteiger partial charge in [0.05, 0.1) is 5.75 Å². The third-order valence-electron chi connectivity index (χ3n) is 2.63. The van der Waals surface area contributed by atoms with E-state index >= 15 is 0 Å². The van der Waals surface area contributed by atoms with E-state index in [1.54, 1.807) is 0 Å². The van der Waals surface area contributed by atoms with Crippen molar-refractivity contribution < 1.29 is 8.42 Å². The third-order valence-corrected chi connectivity index (χ3v) is 4.58. The molecular weight excluding hydrogens is 328 g/mol. The molecule has 2 N–H and O–H groups in total. The second-order valence-corrected chi connectivity index (χ2v) is 7.61. The molecule has 0 aliphatic rings. The number of nitrogens with one attached hydrogen (secondary N) is 2. The lowest BCUT2D eigenvalue weighted by Gasteiger charge is -2.15. The Labute approximate surface area is 124 Å². The Balaban J connectivity index is 2.57. The molecule has 0 fully saturated rings. The smallest absolute Gasteiger partial charge is 0.213 e. The van der Waals surface area contributed by atoms with Gasteiger partial charge in [-0.1, -0.05) is 41.9 Å². The summed E-state index contributed by atoms with van der Waals surface area (Å²) in [6.07, 6.45) is 0. The lowest BCUT2D eigenvalue weighted by molar-refractivity contribution is 0.555. The molecule has 108 valence electrons. The van der Waals surface area contributed by atoms with Crippen LogP contribution in [0.5, 0.6) is 0 Å². The molecule has 1 atom stereocenters. The summed E-state index contributed by atoms with van der Waals surface area (Å²) in [5.41, 5.74) is 0.940. The molecule has 0 aliphatic carbocycles. The highest BCUT2D eigenvalue weighted by atomic mass is 79.9. The maximum atomic E-state index is 11.9. The van der Waals surface area contributed by atoms with Crippen LogP contribution in [0.3, 0.4) is 0 Å². The highest BCUT2D eigenvalue weighted by molar-refractivity contribution is 9.10. The number of halogens is 1. The second kappa shape index (κ2) is 7.38. The average molecular weight is 349 g/mol. The fraction of sp³-hybridized carbons (Fsp3) is 0.538. The molecule has 1 aromatic carbocycles. The standard InChI is InChI=1S/C13H21BrN2O2S/c1-10(2)15-7-8-19(17,18)16-11(3)12-5-4-6-13(14)9-12/h4-6,9-11,15-16H,7-8H2,1-3H3. The molecule has 0 saturated heterocycles. The van der Waals surface area contributed by atoms with E-state index in [1.807, 2.05) is 45.0 Å². The largest absolute Gasteiger partial charge is 0.313 e. The van der Waals surface area contributed by atoms with Crippen LogP contribution in [0.4, 0.5) is 0 Å². The van der Waals surface area contributed by atoms with Crippen LogP contribution in [0.15, 0.2) is 28.7 Å². The lowest BCUT2D eigenvalue weighted by atomic mass is 10.1.